The Morgan fingerprint density at radius 1 is 1.31 bits per heavy atom. The highest BCUT2D eigenvalue weighted by Crippen LogP contribution is 2.20. The van der Waals surface area contributed by atoms with Crippen molar-refractivity contribution >= 4 is 35.2 Å². The Labute approximate surface area is 158 Å². The SMILES string of the molecule is CCN(CC)C(=O)c1cccc(NC(=O)/C=C/c2c(C)nn(C)c2Cl)c1. The third kappa shape index (κ3) is 4.52. The average Bonchev–Trinajstić information content (AvgIpc) is 2.86. The van der Waals surface area contributed by atoms with Crippen LogP contribution in [0.15, 0.2) is 30.3 Å². The van der Waals surface area contributed by atoms with Crippen molar-refractivity contribution in [1.82, 2.24) is 14.7 Å². The maximum atomic E-state index is 12.4. The summed E-state index contributed by atoms with van der Waals surface area (Å²) in [4.78, 5) is 26.3. The molecular weight excluding hydrogens is 352 g/mol. The number of nitrogens with one attached hydrogen (secondary N) is 1. The molecule has 7 heteroatoms. The largest absolute Gasteiger partial charge is 0.339 e. The lowest BCUT2D eigenvalue weighted by Gasteiger charge is -2.18. The van der Waals surface area contributed by atoms with Crippen LogP contribution in [0.1, 0.15) is 35.5 Å². The Morgan fingerprint density at radius 2 is 2.00 bits per heavy atom. The van der Waals surface area contributed by atoms with Crippen LogP contribution in [0.25, 0.3) is 6.08 Å². The number of halogens is 1. The normalized spacial score (nSPS) is 11.0. The number of anilines is 1. The van der Waals surface area contributed by atoms with Crippen LogP contribution < -0.4 is 5.32 Å². The van der Waals surface area contributed by atoms with Gasteiger partial charge in [-0.1, -0.05) is 17.7 Å². The van der Waals surface area contributed by atoms with Gasteiger partial charge in [-0.2, -0.15) is 5.10 Å². The van der Waals surface area contributed by atoms with Crippen LogP contribution in [0.2, 0.25) is 5.15 Å². The van der Waals surface area contributed by atoms with E-state index in [1.54, 1.807) is 47.0 Å². The van der Waals surface area contributed by atoms with Gasteiger partial charge in [0, 0.05) is 43.0 Å². The maximum Gasteiger partial charge on any atom is 0.253 e. The predicted octanol–water partition coefficient (Wildman–Crippen LogP) is 3.52. The van der Waals surface area contributed by atoms with Crippen molar-refractivity contribution in [2.75, 3.05) is 18.4 Å². The van der Waals surface area contributed by atoms with E-state index in [1.165, 1.54) is 6.08 Å². The minimum atomic E-state index is -0.309. The number of aryl methyl sites for hydroxylation is 2. The van der Waals surface area contributed by atoms with Crippen molar-refractivity contribution in [2.24, 2.45) is 7.05 Å². The van der Waals surface area contributed by atoms with Gasteiger partial charge in [-0.15, -0.1) is 0 Å². The molecule has 0 unspecified atom stereocenters. The molecule has 6 nitrogen and oxygen atoms in total. The van der Waals surface area contributed by atoms with E-state index >= 15 is 0 Å². The number of aromatic nitrogens is 2. The van der Waals surface area contributed by atoms with Crippen LogP contribution in [0.3, 0.4) is 0 Å². The van der Waals surface area contributed by atoms with Gasteiger partial charge in [0.25, 0.3) is 5.91 Å². The van der Waals surface area contributed by atoms with Gasteiger partial charge < -0.3 is 10.2 Å². The number of hydrogen-bond acceptors (Lipinski definition) is 3. The highest BCUT2D eigenvalue weighted by molar-refractivity contribution is 6.31. The van der Waals surface area contributed by atoms with Crippen molar-refractivity contribution in [1.29, 1.82) is 0 Å². The van der Waals surface area contributed by atoms with Gasteiger partial charge in [0.1, 0.15) is 5.15 Å². The van der Waals surface area contributed by atoms with E-state index in [0.29, 0.717) is 35.1 Å². The van der Waals surface area contributed by atoms with Crippen LogP contribution in [0.4, 0.5) is 5.69 Å². The molecule has 0 aliphatic heterocycles. The van der Waals surface area contributed by atoms with Crippen LogP contribution in [0.5, 0.6) is 0 Å². The summed E-state index contributed by atoms with van der Waals surface area (Å²) in [5, 5.41) is 7.43. The molecule has 0 atom stereocenters. The van der Waals surface area contributed by atoms with Crippen LogP contribution in [0, 0.1) is 6.92 Å². The minimum absolute atomic E-state index is 0.0561. The van der Waals surface area contributed by atoms with E-state index in [4.69, 9.17) is 11.6 Å². The average molecular weight is 375 g/mol. The Morgan fingerprint density at radius 3 is 2.58 bits per heavy atom. The second-order valence-corrected chi connectivity index (χ2v) is 6.15. The van der Waals surface area contributed by atoms with Gasteiger partial charge in [-0.3, -0.25) is 14.3 Å². The molecule has 1 aromatic carbocycles. The van der Waals surface area contributed by atoms with Crippen molar-refractivity contribution in [2.45, 2.75) is 20.8 Å². The molecule has 0 saturated heterocycles. The zero-order chi connectivity index (χ0) is 19.3. The van der Waals surface area contributed by atoms with Crippen molar-refractivity contribution in [3.8, 4) is 0 Å². The Kier molecular flexibility index (Phi) is 6.58. The summed E-state index contributed by atoms with van der Waals surface area (Å²) < 4.78 is 1.55. The topological polar surface area (TPSA) is 67.2 Å². The van der Waals surface area contributed by atoms with Gasteiger partial charge in [0.15, 0.2) is 0 Å². The molecule has 0 aliphatic rings. The lowest BCUT2D eigenvalue weighted by atomic mass is 10.1. The molecule has 0 aliphatic carbocycles. The quantitative estimate of drug-likeness (QED) is 0.786. The molecule has 0 spiro atoms. The Hall–Kier alpha value is -2.60. The van der Waals surface area contributed by atoms with Gasteiger partial charge >= 0.3 is 0 Å². The van der Waals surface area contributed by atoms with E-state index in [0.717, 1.165) is 5.69 Å². The first-order chi connectivity index (χ1) is 12.4. The van der Waals surface area contributed by atoms with Crippen LogP contribution >= 0.6 is 11.6 Å². The molecular formula is C19H23ClN4O2. The van der Waals surface area contributed by atoms with Crippen LogP contribution in [-0.2, 0) is 11.8 Å². The molecule has 138 valence electrons. The first-order valence-corrected chi connectivity index (χ1v) is 8.82. The first kappa shape index (κ1) is 19.7. The number of benzene rings is 1. The number of nitrogens with zero attached hydrogens (tertiary/aromatic N) is 3. The fourth-order valence-electron chi connectivity index (χ4n) is 2.60. The number of carbonyl (C=O) groups is 2. The summed E-state index contributed by atoms with van der Waals surface area (Å²) in [5.74, 6) is -0.365. The van der Waals surface area contributed by atoms with Crippen molar-refractivity contribution < 1.29 is 9.59 Å². The molecule has 0 saturated carbocycles. The third-order valence-electron chi connectivity index (χ3n) is 4.03. The lowest BCUT2D eigenvalue weighted by molar-refractivity contribution is -0.111. The molecule has 2 amide bonds. The van der Waals surface area contributed by atoms with Crippen LogP contribution in [-0.4, -0.2) is 39.6 Å². The number of hydrogen-bond donors (Lipinski definition) is 1. The molecule has 26 heavy (non-hydrogen) atoms. The van der Waals surface area contributed by atoms with Crippen molar-refractivity contribution in [3.63, 3.8) is 0 Å². The molecule has 0 bridgehead atoms. The summed E-state index contributed by atoms with van der Waals surface area (Å²) in [5.41, 5.74) is 2.55. The molecule has 1 heterocycles. The van der Waals surface area contributed by atoms with E-state index in [1.807, 2.05) is 20.8 Å². The third-order valence-corrected chi connectivity index (χ3v) is 4.47. The minimum Gasteiger partial charge on any atom is -0.339 e. The Balaban J connectivity index is 2.11. The molecule has 2 aromatic rings. The summed E-state index contributed by atoms with van der Waals surface area (Å²) >= 11 is 6.15. The zero-order valence-corrected chi connectivity index (χ0v) is 16.2. The molecule has 0 radical (unpaired) electrons. The molecule has 1 N–H and O–H groups in total. The fraction of sp³-hybridized carbons (Fsp3) is 0.316. The van der Waals surface area contributed by atoms with Crippen molar-refractivity contribution in [3.05, 3.63) is 52.3 Å². The summed E-state index contributed by atoms with van der Waals surface area (Å²) in [6.45, 7) is 6.97. The summed E-state index contributed by atoms with van der Waals surface area (Å²) in [7, 11) is 1.74. The molecule has 2 rings (SSSR count). The second kappa shape index (κ2) is 8.67. The van der Waals surface area contributed by atoms with Gasteiger partial charge in [0.05, 0.1) is 5.69 Å². The smallest absolute Gasteiger partial charge is 0.253 e. The maximum absolute atomic E-state index is 12.4. The number of amides is 2. The summed E-state index contributed by atoms with van der Waals surface area (Å²) in [6, 6.07) is 6.91. The summed E-state index contributed by atoms with van der Waals surface area (Å²) in [6.07, 6.45) is 3.03. The fourth-order valence-corrected chi connectivity index (χ4v) is 2.84. The number of carbonyl (C=O) groups excluding carboxylic acids is 2. The van der Waals surface area contributed by atoms with Gasteiger partial charge in [-0.25, -0.2) is 0 Å². The van der Waals surface area contributed by atoms with E-state index in [-0.39, 0.29) is 11.8 Å². The van der Waals surface area contributed by atoms with Gasteiger partial charge in [0.2, 0.25) is 5.91 Å². The first-order valence-electron chi connectivity index (χ1n) is 8.44. The van der Waals surface area contributed by atoms with Gasteiger partial charge in [-0.05, 0) is 45.0 Å². The van der Waals surface area contributed by atoms with E-state index in [2.05, 4.69) is 10.4 Å². The Bertz CT molecular complexity index is 838. The lowest BCUT2D eigenvalue weighted by Crippen LogP contribution is -2.30. The zero-order valence-electron chi connectivity index (χ0n) is 15.4. The molecule has 1 aromatic heterocycles. The van der Waals surface area contributed by atoms with E-state index in [9.17, 15) is 9.59 Å². The molecule has 0 fully saturated rings. The highest BCUT2D eigenvalue weighted by atomic mass is 35.5. The highest BCUT2D eigenvalue weighted by Gasteiger charge is 2.13. The number of rotatable bonds is 6. The standard InChI is InChI=1S/C19H23ClN4O2/c1-5-24(6-2)19(26)14-8-7-9-15(12-14)21-17(25)11-10-16-13(3)22-23(4)18(16)20/h7-12H,5-6H2,1-4H3,(H,21,25)/b11-10+. The second-order valence-electron chi connectivity index (χ2n) is 5.79. The predicted molar refractivity (Wildman–Crippen MR) is 104 cm³/mol. The van der Waals surface area contributed by atoms with E-state index < -0.39 is 0 Å². The monoisotopic (exact) mass is 374 g/mol.